The highest BCUT2D eigenvalue weighted by atomic mass is 32.2. The number of aliphatic hydroxyl groups excluding tert-OH is 1. The summed E-state index contributed by atoms with van der Waals surface area (Å²) in [6, 6.07) is -3.14. The number of aliphatic hydroxyl groups is 1. The predicted molar refractivity (Wildman–Crippen MR) is 182 cm³/mol. The number of carbonyl (C=O) groups excluding carboxylic acids is 5. The molecule has 0 saturated carbocycles. The van der Waals surface area contributed by atoms with Crippen LogP contribution in [0.25, 0.3) is 0 Å². The number of thioether (sulfide) groups is 1. The van der Waals surface area contributed by atoms with Crippen molar-refractivity contribution in [1.82, 2.24) is 26.6 Å². The van der Waals surface area contributed by atoms with E-state index >= 15 is 0 Å². The van der Waals surface area contributed by atoms with Gasteiger partial charge in [-0.2, -0.15) is 11.8 Å². The molecule has 7 atom stereocenters. The summed E-state index contributed by atoms with van der Waals surface area (Å²) in [5.41, 5.74) is 0. The van der Waals surface area contributed by atoms with Crippen LogP contribution in [-0.2, 0) is 28.7 Å². The smallest absolute Gasteiger partial charge is 0.250 e. The van der Waals surface area contributed by atoms with Crippen LogP contribution in [0.15, 0.2) is 0 Å². The summed E-state index contributed by atoms with van der Waals surface area (Å²) in [7, 11) is 0. The molecule has 6 N–H and O–H groups in total. The lowest BCUT2D eigenvalue weighted by atomic mass is 9.85. The summed E-state index contributed by atoms with van der Waals surface area (Å²) in [5, 5.41) is 25.9. The average molecular weight is 672 g/mol. The third-order valence-electron chi connectivity index (χ3n) is 8.02. The number of rotatable bonds is 21. The summed E-state index contributed by atoms with van der Waals surface area (Å²) < 4.78 is 5.80. The van der Waals surface area contributed by atoms with E-state index in [4.69, 9.17) is 4.74 Å². The normalized spacial score (nSPS) is 19.7. The molecule has 1 saturated heterocycles. The van der Waals surface area contributed by atoms with Crippen LogP contribution in [0.3, 0.4) is 0 Å². The molecule has 12 nitrogen and oxygen atoms in total. The Balaban J connectivity index is 3.14. The fraction of sp³-hybridized carbons (Fsp3) is 0.848. The predicted octanol–water partition coefficient (Wildman–Crippen LogP) is 2.13. The van der Waals surface area contributed by atoms with Gasteiger partial charge in [-0.05, 0) is 61.9 Å². The molecule has 1 fully saturated rings. The molecular weight excluding hydrogens is 610 g/mol. The fourth-order valence-corrected chi connectivity index (χ4v) is 6.06. The van der Waals surface area contributed by atoms with E-state index in [1.165, 1.54) is 18.7 Å². The van der Waals surface area contributed by atoms with Gasteiger partial charge < -0.3 is 36.4 Å². The van der Waals surface area contributed by atoms with Gasteiger partial charge in [0.05, 0.1) is 12.1 Å². The van der Waals surface area contributed by atoms with E-state index in [0.29, 0.717) is 38.0 Å². The SMILES string of the molecule is CCCCNC(=O)[C@@H](NC(=O)[C@@H]1OCC[C@H]1[C@H](O)[C@H](CC(C)C)NC(=O)[C@H](CCSC)NC(=O)[C@H](CC(C)C)NC(C)=O)C(C)C. The summed E-state index contributed by atoms with van der Waals surface area (Å²) >= 11 is 1.54. The Labute approximate surface area is 280 Å². The molecule has 266 valence electrons. The molecule has 13 heteroatoms. The lowest BCUT2D eigenvalue weighted by Gasteiger charge is -2.33. The molecule has 0 spiro atoms. The highest BCUT2D eigenvalue weighted by Crippen LogP contribution is 2.28. The Morgan fingerprint density at radius 1 is 0.870 bits per heavy atom. The van der Waals surface area contributed by atoms with Crippen molar-refractivity contribution >= 4 is 41.3 Å². The monoisotopic (exact) mass is 671 g/mol. The zero-order chi connectivity index (χ0) is 35.0. The molecule has 1 aliphatic heterocycles. The maximum Gasteiger partial charge on any atom is 0.250 e. The van der Waals surface area contributed by atoms with Crippen molar-refractivity contribution in [3.05, 3.63) is 0 Å². The van der Waals surface area contributed by atoms with E-state index in [9.17, 15) is 29.1 Å². The van der Waals surface area contributed by atoms with Gasteiger partial charge in [0.15, 0.2) is 0 Å². The molecule has 0 radical (unpaired) electrons. The second-order valence-corrected chi connectivity index (χ2v) is 14.6. The third kappa shape index (κ3) is 14.6. The largest absolute Gasteiger partial charge is 0.391 e. The van der Waals surface area contributed by atoms with E-state index in [1.54, 1.807) is 0 Å². The molecule has 0 aromatic carbocycles. The molecule has 0 aromatic heterocycles. The van der Waals surface area contributed by atoms with E-state index in [2.05, 4.69) is 26.6 Å². The van der Waals surface area contributed by atoms with Gasteiger partial charge in [-0.3, -0.25) is 24.0 Å². The van der Waals surface area contributed by atoms with Gasteiger partial charge in [0, 0.05) is 26.0 Å². The minimum absolute atomic E-state index is 0.0983. The van der Waals surface area contributed by atoms with Crippen LogP contribution in [0, 0.1) is 23.7 Å². The van der Waals surface area contributed by atoms with Crippen molar-refractivity contribution in [2.24, 2.45) is 23.7 Å². The van der Waals surface area contributed by atoms with Gasteiger partial charge in [0.1, 0.15) is 24.2 Å². The van der Waals surface area contributed by atoms with Crippen molar-refractivity contribution in [2.75, 3.05) is 25.2 Å². The molecule has 5 amide bonds. The van der Waals surface area contributed by atoms with Crippen LogP contribution in [0.5, 0.6) is 0 Å². The lowest BCUT2D eigenvalue weighted by Crippen LogP contribution is -2.58. The van der Waals surface area contributed by atoms with Crippen LogP contribution in [0.2, 0.25) is 0 Å². The number of carbonyl (C=O) groups is 5. The lowest BCUT2D eigenvalue weighted by molar-refractivity contribution is -0.138. The highest BCUT2D eigenvalue weighted by molar-refractivity contribution is 7.98. The number of hydrogen-bond acceptors (Lipinski definition) is 8. The fourth-order valence-electron chi connectivity index (χ4n) is 5.59. The first-order valence-electron chi connectivity index (χ1n) is 16.9. The van der Waals surface area contributed by atoms with Crippen LogP contribution < -0.4 is 26.6 Å². The van der Waals surface area contributed by atoms with Crippen LogP contribution in [0.1, 0.15) is 93.9 Å². The maximum atomic E-state index is 13.7. The van der Waals surface area contributed by atoms with Crippen LogP contribution in [0.4, 0.5) is 0 Å². The Kier molecular flexibility index (Phi) is 19.4. The van der Waals surface area contributed by atoms with Gasteiger partial charge in [0.2, 0.25) is 29.5 Å². The first kappa shape index (κ1) is 41.6. The zero-order valence-electron chi connectivity index (χ0n) is 29.4. The Morgan fingerprint density at radius 2 is 1.50 bits per heavy atom. The van der Waals surface area contributed by atoms with Gasteiger partial charge >= 0.3 is 0 Å². The zero-order valence-corrected chi connectivity index (χ0v) is 30.3. The average Bonchev–Trinajstić information content (AvgIpc) is 3.46. The topological polar surface area (TPSA) is 175 Å². The van der Waals surface area contributed by atoms with Gasteiger partial charge in [-0.15, -0.1) is 0 Å². The molecule has 0 unspecified atom stereocenters. The minimum Gasteiger partial charge on any atom is -0.391 e. The molecule has 0 aliphatic carbocycles. The van der Waals surface area contributed by atoms with Crippen molar-refractivity contribution in [1.29, 1.82) is 0 Å². The minimum atomic E-state index is -1.12. The number of ether oxygens (including phenoxy) is 1. The molecule has 0 bridgehead atoms. The number of amides is 5. The van der Waals surface area contributed by atoms with Crippen molar-refractivity contribution < 1.29 is 33.8 Å². The van der Waals surface area contributed by atoms with Gasteiger partial charge in [-0.1, -0.05) is 54.9 Å². The Morgan fingerprint density at radius 3 is 2.04 bits per heavy atom. The quantitative estimate of drug-likeness (QED) is 0.101. The first-order chi connectivity index (χ1) is 21.6. The second kappa shape index (κ2) is 21.5. The Hall–Kier alpha value is -2.38. The van der Waals surface area contributed by atoms with Crippen LogP contribution >= 0.6 is 11.8 Å². The summed E-state index contributed by atoms with van der Waals surface area (Å²) in [6.45, 7) is 15.7. The van der Waals surface area contributed by atoms with E-state index < -0.39 is 60.0 Å². The number of hydrogen-bond donors (Lipinski definition) is 6. The first-order valence-corrected chi connectivity index (χ1v) is 18.3. The highest BCUT2D eigenvalue weighted by Gasteiger charge is 2.43. The third-order valence-corrected chi connectivity index (χ3v) is 8.66. The molecule has 1 aliphatic rings. The molecule has 46 heavy (non-hydrogen) atoms. The van der Waals surface area contributed by atoms with Crippen molar-refractivity contribution in [3.8, 4) is 0 Å². The molecule has 1 heterocycles. The van der Waals surface area contributed by atoms with Crippen LogP contribution in [-0.4, -0.2) is 96.2 Å². The summed E-state index contributed by atoms with van der Waals surface area (Å²) in [5.74, 6) is -1.89. The molecular formula is C33H61N5O7S. The maximum absolute atomic E-state index is 13.7. The van der Waals surface area contributed by atoms with E-state index in [0.717, 1.165) is 12.8 Å². The number of nitrogens with one attached hydrogen (secondary N) is 5. The van der Waals surface area contributed by atoms with Gasteiger partial charge in [0.25, 0.3) is 0 Å². The second-order valence-electron chi connectivity index (χ2n) is 13.6. The van der Waals surface area contributed by atoms with Crippen molar-refractivity contribution in [3.63, 3.8) is 0 Å². The van der Waals surface area contributed by atoms with Crippen molar-refractivity contribution in [2.45, 2.75) is 130 Å². The standard InChI is InChI=1S/C33H61N5O7S/c1-10-11-14-34-32(43)27(21(6)7)38-33(44)29-23(12-15-45-29)28(40)25(17-19(2)3)37-30(41)24(13-16-46-9)36-31(42)26(18-20(4)5)35-22(8)39/h19-21,23-29,40H,10-18H2,1-9H3,(H,34,43)(H,35,39)(H,36,42)(H,37,41)(H,38,44)/t23-,24-,25-,26-,27-,28-,29+/m0/s1. The van der Waals surface area contributed by atoms with E-state index in [-0.39, 0.29) is 36.2 Å². The molecule has 0 aromatic rings. The number of unbranched alkanes of at least 4 members (excludes halogenated alkanes) is 1. The van der Waals surface area contributed by atoms with E-state index in [1.807, 2.05) is 54.7 Å². The molecule has 1 rings (SSSR count). The Bertz CT molecular complexity index is 980. The van der Waals surface area contributed by atoms with Gasteiger partial charge in [-0.25, -0.2) is 0 Å². The summed E-state index contributed by atoms with van der Waals surface area (Å²) in [6.07, 6.45) is 3.16. The summed E-state index contributed by atoms with van der Waals surface area (Å²) in [4.78, 5) is 65.0.